The predicted molar refractivity (Wildman–Crippen MR) is 109 cm³/mol. The fourth-order valence-corrected chi connectivity index (χ4v) is 3.38. The number of hydrogen-bond acceptors (Lipinski definition) is 4. The molecule has 1 N–H and O–H groups in total. The van der Waals surface area contributed by atoms with Crippen LogP contribution in [0, 0.1) is 3.57 Å². The SMILES string of the molecule is COc1cc(I)c(C(=O)Nc2ccc(-n3ccnc3)c(Cl)c2)cc1OC. The molecule has 0 fully saturated rings. The van der Waals surface area contributed by atoms with Crippen molar-refractivity contribution in [2.45, 2.75) is 0 Å². The van der Waals surface area contributed by atoms with Crippen molar-refractivity contribution in [3.05, 3.63) is 63.2 Å². The van der Waals surface area contributed by atoms with E-state index in [4.69, 9.17) is 21.1 Å². The zero-order valence-corrected chi connectivity index (χ0v) is 16.9. The maximum atomic E-state index is 12.7. The van der Waals surface area contributed by atoms with E-state index in [0.717, 1.165) is 9.26 Å². The van der Waals surface area contributed by atoms with Gasteiger partial charge in [0.15, 0.2) is 11.5 Å². The molecular formula is C18H15ClIN3O3. The van der Waals surface area contributed by atoms with Crippen molar-refractivity contribution < 1.29 is 14.3 Å². The summed E-state index contributed by atoms with van der Waals surface area (Å²) in [6.45, 7) is 0. The van der Waals surface area contributed by atoms with Gasteiger partial charge in [-0.05, 0) is 52.9 Å². The highest BCUT2D eigenvalue weighted by atomic mass is 127. The number of ether oxygens (including phenoxy) is 2. The number of amides is 1. The van der Waals surface area contributed by atoms with Crippen molar-refractivity contribution in [1.82, 2.24) is 9.55 Å². The van der Waals surface area contributed by atoms with E-state index in [0.29, 0.717) is 27.8 Å². The molecule has 26 heavy (non-hydrogen) atoms. The van der Waals surface area contributed by atoms with E-state index >= 15 is 0 Å². The highest BCUT2D eigenvalue weighted by molar-refractivity contribution is 14.1. The van der Waals surface area contributed by atoms with Gasteiger partial charge in [-0.25, -0.2) is 4.98 Å². The molecule has 8 heteroatoms. The minimum atomic E-state index is -0.262. The van der Waals surface area contributed by atoms with Gasteiger partial charge >= 0.3 is 0 Å². The van der Waals surface area contributed by atoms with Crippen molar-refractivity contribution in [1.29, 1.82) is 0 Å². The van der Waals surface area contributed by atoms with Gasteiger partial charge in [-0.3, -0.25) is 4.79 Å². The molecule has 0 saturated heterocycles. The number of methoxy groups -OCH3 is 2. The summed E-state index contributed by atoms with van der Waals surface area (Å²) in [5, 5.41) is 3.35. The molecule has 134 valence electrons. The Morgan fingerprint density at radius 2 is 1.92 bits per heavy atom. The summed E-state index contributed by atoms with van der Waals surface area (Å²) in [6, 6.07) is 8.70. The number of aromatic nitrogens is 2. The molecule has 3 rings (SSSR count). The third kappa shape index (κ3) is 3.78. The van der Waals surface area contributed by atoms with Gasteiger partial charge in [-0.15, -0.1) is 0 Å². The standard InChI is InChI=1S/C18H15ClIN3O3/c1-25-16-8-12(14(20)9-17(16)26-2)18(24)22-11-3-4-15(13(19)7-11)23-6-5-21-10-23/h3-10H,1-2H3,(H,22,24). The number of halogens is 2. The Hall–Kier alpha value is -2.26. The van der Waals surface area contributed by atoms with E-state index in [-0.39, 0.29) is 5.91 Å². The van der Waals surface area contributed by atoms with Crippen LogP contribution in [-0.4, -0.2) is 29.7 Å². The Balaban J connectivity index is 1.85. The number of carbonyl (C=O) groups excluding carboxylic acids is 1. The largest absolute Gasteiger partial charge is 0.493 e. The molecular weight excluding hydrogens is 469 g/mol. The Labute approximate surface area is 169 Å². The molecule has 2 aromatic carbocycles. The molecule has 1 aromatic heterocycles. The third-order valence-electron chi connectivity index (χ3n) is 3.71. The van der Waals surface area contributed by atoms with Crippen LogP contribution in [0.4, 0.5) is 5.69 Å². The molecule has 0 radical (unpaired) electrons. The van der Waals surface area contributed by atoms with Crippen molar-refractivity contribution >= 4 is 45.8 Å². The number of benzene rings is 2. The molecule has 0 atom stereocenters. The summed E-state index contributed by atoms with van der Waals surface area (Å²) in [5.74, 6) is 0.800. The Morgan fingerprint density at radius 3 is 2.54 bits per heavy atom. The van der Waals surface area contributed by atoms with Crippen molar-refractivity contribution in [3.8, 4) is 17.2 Å². The van der Waals surface area contributed by atoms with Crippen molar-refractivity contribution in [3.63, 3.8) is 0 Å². The topological polar surface area (TPSA) is 65.4 Å². The summed E-state index contributed by atoms with van der Waals surface area (Å²) in [5.41, 5.74) is 1.86. The summed E-state index contributed by atoms with van der Waals surface area (Å²) in [6.07, 6.45) is 5.13. The molecule has 0 saturated carbocycles. The maximum Gasteiger partial charge on any atom is 0.256 e. The molecule has 1 heterocycles. The zero-order valence-electron chi connectivity index (χ0n) is 14.0. The van der Waals surface area contributed by atoms with Crippen molar-refractivity contribution in [2.75, 3.05) is 19.5 Å². The fraction of sp³-hybridized carbons (Fsp3) is 0.111. The number of hydrogen-bond donors (Lipinski definition) is 1. The molecule has 6 nitrogen and oxygen atoms in total. The van der Waals surface area contributed by atoms with Crippen molar-refractivity contribution in [2.24, 2.45) is 0 Å². The Bertz CT molecular complexity index is 945. The van der Waals surface area contributed by atoms with E-state index < -0.39 is 0 Å². The highest BCUT2D eigenvalue weighted by Gasteiger charge is 2.16. The summed E-state index contributed by atoms with van der Waals surface area (Å²) in [7, 11) is 3.08. The molecule has 0 unspecified atom stereocenters. The van der Waals surface area contributed by atoms with Gasteiger partial charge in [0.25, 0.3) is 5.91 Å². The summed E-state index contributed by atoms with van der Waals surface area (Å²) < 4.78 is 13.1. The second kappa shape index (κ2) is 7.96. The average molecular weight is 484 g/mol. The van der Waals surface area contributed by atoms with E-state index in [2.05, 4.69) is 32.9 Å². The lowest BCUT2D eigenvalue weighted by atomic mass is 10.1. The lowest BCUT2D eigenvalue weighted by Crippen LogP contribution is -2.14. The van der Waals surface area contributed by atoms with Crippen LogP contribution in [0.3, 0.4) is 0 Å². The average Bonchev–Trinajstić information content (AvgIpc) is 3.15. The second-order valence-corrected chi connectivity index (χ2v) is 6.85. The fourth-order valence-electron chi connectivity index (χ4n) is 2.42. The number of anilines is 1. The van der Waals surface area contributed by atoms with Crippen LogP contribution in [0.5, 0.6) is 11.5 Å². The maximum absolute atomic E-state index is 12.7. The Kier molecular flexibility index (Phi) is 5.67. The molecule has 0 spiro atoms. The first-order valence-electron chi connectivity index (χ1n) is 7.54. The number of nitrogens with zero attached hydrogens (tertiary/aromatic N) is 2. The van der Waals surface area contributed by atoms with Gasteiger partial charge in [0.05, 0.1) is 36.8 Å². The van der Waals surface area contributed by atoms with E-state index in [1.54, 1.807) is 54.7 Å². The minimum absolute atomic E-state index is 0.262. The lowest BCUT2D eigenvalue weighted by Gasteiger charge is -2.13. The van der Waals surface area contributed by atoms with Crippen LogP contribution in [-0.2, 0) is 0 Å². The van der Waals surface area contributed by atoms with Crippen LogP contribution < -0.4 is 14.8 Å². The quantitative estimate of drug-likeness (QED) is 0.547. The number of carbonyl (C=O) groups is 1. The van der Waals surface area contributed by atoms with Gasteiger partial charge in [-0.1, -0.05) is 11.6 Å². The van der Waals surface area contributed by atoms with Crippen LogP contribution in [0.15, 0.2) is 49.1 Å². The van der Waals surface area contributed by atoms with Gasteiger partial charge in [0, 0.05) is 21.7 Å². The first kappa shape index (κ1) is 18.5. The monoisotopic (exact) mass is 483 g/mol. The van der Waals surface area contributed by atoms with E-state index in [9.17, 15) is 4.79 Å². The zero-order chi connectivity index (χ0) is 18.7. The molecule has 0 aliphatic rings. The van der Waals surface area contributed by atoms with Gasteiger partial charge < -0.3 is 19.4 Å². The molecule has 1 amide bonds. The summed E-state index contributed by atoms with van der Waals surface area (Å²) >= 11 is 8.42. The van der Waals surface area contributed by atoms with Crippen LogP contribution in [0.25, 0.3) is 5.69 Å². The van der Waals surface area contributed by atoms with E-state index in [1.807, 2.05) is 6.07 Å². The molecule has 0 bridgehead atoms. The first-order chi connectivity index (χ1) is 12.5. The van der Waals surface area contributed by atoms with Gasteiger partial charge in [0.2, 0.25) is 0 Å². The van der Waals surface area contributed by atoms with Gasteiger partial charge in [0.1, 0.15) is 0 Å². The number of rotatable bonds is 5. The molecule has 3 aromatic rings. The second-order valence-electron chi connectivity index (χ2n) is 5.28. The third-order valence-corrected chi connectivity index (χ3v) is 4.90. The number of imidazole rings is 1. The highest BCUT2D eigenvalue weighted by Crippen LogP contribution is 2.32. The Morgan fingerprint density at radius 1 is 1.19 bits per heavy atom. The normalized spacial score (nSPS) is 10.5. The van der Waals surface area contributed by atoms with Crippen LogP contribution >= 0.6 is 34.2 Å². The molecule has 0 aliphatic carbocycles. The molecule has 0 aliphatic heterocycles. The van der Waals surface area contributed by atoms with Crippen LogP contribution in [0.2, 0.25) is 5.02 Å². The van der Waals surface area contributed by atoms with Gasteiger partial charge in [-0.2, -0.15) is 0 Å². The smallest absolute Gasteiger partial charge is 0.256 e. The first-order valence-corrected chi connectivity index (χ1v) is 9.00. The number of nitrogens with one attached hydrogen (secondary N) is 1. The van der Waals surface area contributed by atoms with E-state index in [1.165, 1.54) is 7.11 Å². The minimum Gasteiger partial charge on any atom is -0.493 e. The van der Waals surface area contributed by atoms with Crippen LogP contribution in [0.1, 0.15) is 10.4 Å². The lowest BCUT2D eigenvalue weighted by molar-refractivity contribution is 0.102. The predicted octanol–water partition coefficient (Wildman–Crippen LogP) is 4.40. The summed E-state index contributed by atoms with van der Waals surface area (Å²) in [4.78, 5) is 16.7.